The Labute approximate surface area is 151 Å². The first-order valence-electron chi connectivity index (χ1n) is 7.73. The van der Waals surface area contributed by atoms with Crippen molar-refractivity contribution < 1.29 is 4.79 Å². The molecule has 0 heterocycles. The Hall–Kier alpha value is -3.15. The molecule has 0 aliphatic heterocycles. The van der Waals surface area contributed by atoms with E-state index in [0.717, 1.165) is 28.5 Å². The van der Waals surface area contributed by atoms with Gasteiger partial charge in [-0.1, -0.05) is 72.3 Å². The van der Waals surface area contributed by atoms with Gasteiger partial charge < -0.3 is 0 Å². The largest absolute Gasteiger partial charge is 0.298 e. The van der Waals surface area contributed by atoms with Gasteiger partial charge in [0, 0.05) is 10.6 Å². The van der Waals surface area contributed by atoms with Gasteiger partial charge in [-0.05, 0) is 40.5 Å². The molecule has 3 rings (SSSR count). The molecule has 0 radical (unpaired) electrons. The third-order valence-corrected chi connectivity index (χ3v) is 4.20. The van der Waals surface area contributed by atoms with Gasteiger partial charge >= 0.3 is 0 Å². The number of carbonyl (C=O) groups excluding carboxylic acids is 1. The van der Waals surface area contributed by atoms with Crippen LogP contribution in [0.25, 0.3) is 22.2 Å². The van der Waals surface area contributed by atoms with E-state index in [9.17, 15) is 4.79 Å². The van der Waals surface area contributed by atoms with Crippen molar-refractivity contribution in [1.29, 1.82) is 5.26 Å². The highest BCUT2D eigenvalue weighted by Gasteiger charge is 2.02. The van der Waals surface area contributed by atoms with Crippen molar-refractivity contribution in [2.75, 3.05) is 0 Å². The fourth-order valence-corrected chi connectivity index (χ4v) is 2.71. The van der Waals surface area contributed by atoms with Crippen LogP contribution in [0.1, 0.15) is 27.0 Å². The van der Waals surface area contributed by atoms with Crippen molar-refractivity contribution in [3.63, 3.8) is 0 Å². The second kappa shape index (κ2) is 7.61. The summed E-state index contributed by atoms with van der Waals surface area (Å²) in [5.74, 6) is 0. The SMILES string of the molecule is N#Cc1ccc(C=C(Cl)c2ccc(-c3ccc(C=O)cc3)cc2)cc1. The predicted octanol–water partition coefficient (Wildman–Crippen LogP) is 5.77. The molecule has 2 nitrogen and oxygen atoms in total. The number of nitrogens with zero attached hydrogens (tertiary/aromatic N) is 1. The Morgan fingerprint density at radius 3 is 1.84 bits per heavy atom. The highest BCUT2D eigenvalue weighted by Crippen LogP contribution is 2.26. The zero-order valence-electron chi connectivity index (χ0n) is 13.3. The summed E-state index contributed by atoms with van der Waals surface area (Å²) in [6.45, 7) is 0. The quantitative estimate of drug-likeness (QED) is 0.445. The summed E-state index contributed by atoms with van der Waals surface area (Å²) < 4.78 is 0. The summed E-state index contributed by atoms with van der Waals surface area (Å²) in [6, 6.07) is 24.7. The number of hydrogen-bond acceptors (Lipinski definition) is 2. The molecular formula is C22H14ClNO. The lowest BCUT2D eigenvalue weighted by molar-refractivity contribution is 0.112. The van der Waals surface area contributed by atoms with Crippen LogP contribution >= 0.6 is 11.6 Å². The molecule has 0 aliphatic carbocycles. The van der Waals surface area contributed by atoms with Gasteiger partial charge in [-0.2, -0.15) is 5.26 Å². The van der Waals surface area contributed by atoms with Crippen LogP contribution in [0.3, 0.4) is 0 Å². The van der Waals surface area contributed by atoms with Gasteiger partial charge in [0.05, 0.1) is 11.6 Å². The molecule has 3 aromatic rings. The molecule has 0 bridgehead atoms. The first-order chi connectivity index (χ1) is 12.2. The van der Waals surface area contributed by atoms with Crippen LogP contribution < -0.4 is 0 Å². The molecule has 0 saturated carbocycles. The average Bonchev–Trinajstić information content (AvgIpc) is 2.69. The van der Waals surface area contributed by atoms with E-state index in [-0.39, 0.29) is 0 Å². The van der Waals surface area contributed by atoms with E-state index < -0.39 is 0 Å². The minimum atomic E-state index is 0.623. The molecule has 0 N–H and O–H groups in total. The van der Waals surface area contributed by atoms with Crippen LogP contribution in [0.15, 0.2) is 72.8 Å². The lowest BCUT2D eigenvalue weighted by atomic mass is 10.0. The van der Waals surface area contributed by atoms with Crippen molar-refractivity contribution >= 4 is 29.0 Å². The monoisotopic (exact) mass is 343 g/mol. The summed E-state index contributed by atoms with van der Waals surface area (Å²) in [4.78, 5) is 10.7. The second-order valence-electron chi connectivity index (χ2n) is 5.54. The smallest absolute Gasteiger partial charge is 0.150 e. The number of nitriles is 1. The van der Waals surface area contributed by atoms with Crippen LogP contribution in [-0.4, -0.2) is 6.29 Å². The first-order valence-corrected chi connectivity index (χ1v) is 8.11. The zero-order valence-corrected chi connectivity index (χ0v) is 14.1. The third kappa shape index (κ3) is 4.03. The Kier molecular flexibility index (Phi) is 5.09. The van der Waals surface area contributed by atoms with Crippen LogP contribution in [0, 0.1) is 11.3 Å². The maximum atomic E-state index is 10.7. The summed E-state index contributed by atoms with van der Waals surface area (Å²) in [5, 5.41) is 9.46. The summed E-state index contributed by atoms with van der Waals surface area (Å²) in [7, 11) is 0. The maximum Gasteiger partial charge on any atom is 0.150 e. The van der Waals surface area contributed by atoms with Crippen molar-refractivity contribution in [3.05, 3.63) is 95.1 Å². The summed E-state index contributed by atoms with van der Waals surface area (Å²) in [6.07, 6.45) is 2.71. The van der Waals surface area contributed by atoms with Crippen molar-refractivity contribution in [2.24, 2.45) is 0 Å². The Balaban J connectivity index is 1.81. The molecule has 3 heteroatoms. The van der Waals surface area contributed by atoms with Gasteiger partial charge in [-0.3, -0.25) is 4.79 Å². The average molecular weight is 344 g/mol. The molecule has 3 aromatic carbocycles. The highest BCUT2D eigenvalue weighted by atomic mass is 35.5. The molecule has 120 valence electrons. The number of carbonyl (C=O) groups is 1. The fourth-order valence-electron chi connectivity index (χ4n) is 2.46. The Bertz CT molecular complexity index is 947. The molecule has 0 atom stereocenters. The molecule has 0 spiro atoms. The van der Waals surface area contributed by atoms with Gasteiger partial charge in [-0.15, -0.1) is 0 Å². The molecule has 25 heavy (non-hydrogen) atoms. The van der Waals surface area contributed by atoms with Crippen LogP contribution in [0.2, 0.25) is 0 Å². The lowest BCUT2D eigenvalue weighted by Crippen LogP contribution is -1.83. The third-order valence-electron chi connectivity index (χ3n) is 3.87. The molecule has 0 aliphatic rings. The van der Waals surface area contributed by atoms with E-state index in [4.69, 9.17) is 16.9 Å². The van der Waals surface area contributed by atoms with Crippen LogP contribution in [0.5, 0.6) is 0 Å². The van der Waals surface area contributed by atoms with E-state index in [1.807, 2.05) is 54.6 Å². The second-order valence-corrected chi connectivity index (χ2v) is 5.95. The number of aldehydes is 1. The van der Waals surface area contributed by atoms with Gasteiger partial charge in [0.2, 0.25) is 0 Å². The van der Waals surface area contributed by atoms with Crippen molar-refractivity contribution in [1.82, 2.24) is 0 Å². The Morgan fingerprint density at radius 1 is 0.800 bits per heavy atom. The topological polar surface area (TPSA) is 40.9 Å². The zero-order chi connectivity index (χ0) is 17.6. The van der Waals surface area contributed by atoms with Crippen molar-refractivity contribution in [2.45, 2.75) is 0 Å². The minimum absolute atomic E-state index is 0.623. The lowest BCUT2D eigenvalue weighted by Gasteiger charge is -2.05. The summed E-state index contributed by atoms with van der Waals surface area (Å²) in [5.41, 5.74) is 5.25. The molecule has 0 saturated heterocycles. The predicted molar refractivity (Wildman–Crippen MR) is 102 cm³/mol. The van der Waals surface area contributed by atoms with Gasteiger partial charge in [0.1, 0.15) is 6.29 Å². The van der Waals surface area contributed by atoms with E-state index in [1.54, 1.807) is 24.3 Å². The molecule has 0 fully saturated rings. The molecule has 0 unspecified atom stereocenters. The number of benzene rings is 3. The van der Waals surface area contributed by atoms with Gasteiger partial charge in [0.15, 0.2) is 0 Å². The standard InChI is InChI=1S/C22H14ClNO/c23-22(13-16-1-3-17(14-24)4-2-16)21-11-9-20(10-12-21)19-7-5-18(15-25)6-8-19/h1-13,15H. The maximum absolute atomic E-state index is 10.7. The van der Waals surface area contributed by atoms with Crippen molar-refractivity contribution in [3.8, 4) is 17.2 Å². The van der Waals surface area contributed by atoms with Gasteiger partial charge in [0.25, 0.3) is 0 Å². The fraction of sp³-hybridized carbons (Fsp3) is 0. The number of halogens is 1. The molecular weight excluding hydrogens is 330 g/mol. The molecule has 0 amide bonds. The van der Waals surface area contributed by atoms with Gasteiger partial charge in [-0.25, -0.2) is 0 Å². The highest BCUT2D eigenvalue weighted by molar-refractivity contribution is 6.51. The van der Waals surface area contributed by atoms with E-state index in [2.05, 4.69) is 6.07 Å². The van der Waals surface area contributed by atoms with E-state index >= 15 is 0 Å². The van der Waals surface area contributed by atoms with E-state index in [1.165, 1.54) is 0 Å². The normalized spacial score (nSPS) is 11.0. The number of hydrogen-bond donors (Lipinski definition) is 0. The minimum Gasteiger partial charge on any atom is -0.298 e. The van der Waals surface area contributed by atoms with Crippen LogP contribution in [0.4, 0.5) is 0 Å². The van der Waals surface area contributed by atoms with E-state index in [0.29, 0.717) is 16.2 Å². The first kappa shape index (κ1) is 16.7. The summed E-state index contributed by atoms with van der Waals surface area (Å²) >= 11 is 6.41. The number of rotatable bonds is 4. The van der Waals surface area contributed by atoms with Crippen LogP contribution in [-0.2, 0) is 0 Å². The Morgan fingerprint density at radius 2 is 1.32 bits per heavy atom. The molecule has 0 aromatic heterocycles.